The minimum Gasteiger partial charge on any atom is -0.271 e. The number of para-hydroxylation sites is 1. The van der Waals surface area contributed by atoms with Crippen molar-refractivity contribution in [3.05, 3.63) is 71.2 Å². The van der Waals surface area contributed by atoms with Crippen LogP contribution in [0, 0.1) is 13.8 Å². The highest BCUT2D eigenvalue weighted by Gasteiger charge is 2.15. The van der Waals surface area contributed by atoms with Crippen LogP contribution in [-0.4, -0.2) is 9.97 Å². The Morgan fingerprint density at radius 3 is 2.62 bits per heavy atom. The summed E-state index contributed by atoms with van der Waals surface area (Å²) in [4.78, 5) is 9.07. The van der Waals surface area contributed by atoms with Gasteiger partial charge in [0.15, 0.2) is 0 Å². The van der Waals surface area contributed by atoms with Gasteiger partial charge in [-0.05, 0) is 43.2 Å². The number of aromatic nitrogens is 2. The summed E-state index contributed by atoms with van der Waals surface area (Å²) in [5.74, 6) is 5.75. The first kappa shape index (κ1) is 13.7. The molecule has 106 valence electrons. The molecule has 1 unspecified atom stereocenters. The van der Waals surface area contributed by atoms with Gasteiger partial charge in [0.05, 0.1) is 17.3 Å². The van der Waals surface area contributed by atoms with E-state index < -0.39 is 0 Å². The monoisotopic (exact) mass is 278 g/mol. The largest absolute Gasteiger partial charge is 0.271 e. The molecular formula is C17H18N4. The van der Waals surface area contributed by atoms with Crippen LogP contribution in [0.4, 0.5) is 0 Å². The van der Waals surface area contributed by atoms with Gasteiger partial charge in [-0.15, -0.1) is 0 Å². The van der Waals surface area contributed by atoms with Crippen LogP contribution in [0.5, 0.6) is 0 Å². The van der Waals surface area contributed by atoms with Crippen molar-refractivity contribution in [2.75, 3.05) is 0 Å². The number of benzene rings is 1. The normalized spacial score (nSPS) is 12.5. The lowest BCUT2D eigenvalue weighted by molar-refractivity contribution is 0.620. The molecule has 3 aromatic rings. The number of nitrogens with one attached hydrogen (secondary N) is 1. The lowest BCUT2D eigenvalue weighted by atomic mass is 10.0. The van der Waals surface area contributed by atoms with E-state index in [0.717, 1.165) is 22.5 Å². The quantitative estimate of drug-likeness (QED) is 0.571. The van der Waals surface area contributed by atoms with Crippen LogP contribution in [0.15, 0.2) is 48.7 Å². The second-order valence-electron chi connectivity index (χ2n) is 5.21. The van der Waals surface area contributed by atoms with Crippen molar-refractivity contribution in [1.82, 2.24) is 15.4 Å². The van der Waals surface area contributed by atoms with Gasteiger partial charge in [0.25, 0.3) is 0 Å². The third-order valence-corrected chi connectivity index (χ3v) is 3.67. The third-order valence-electron chi connectivity index (χ3n) is 3.67. The lowest BCUT2D eigenvalue weighted by Gasteiger charge is -2.17. The van der Waals surface area contributed by atoms with E-state index in [1.54, 1.807) is 0 Å². The minimum atomic E-state index is -0.165. The molecule has 0 saturated carbocycles. The van der Waals surface area contributed by atoms with Crippen LogP contribution < -0.4 is 11.3 Å². The summed E-state index contributed by atoms with van der Waals surface area (Å²) in [5, 5.41) is 1.17. The van der Waals surface area contributed by atoms with Crippen LogP contribution in [0.1, 0.15) is 28.6 Å². The van der Waals surface area contributed by atoms with E-state index in [1.807, 2.05) is 43.5 Å². The molecule has 0 aliphatic carbocycles. The number of nitrogens with two attached hydrogens (primary N) is 1. The van der Waals surface area contributed by atoms with Gasteiger partial charge in [-0.1, -0.05) is 24.3 Å². The Labute approximate surface area is 124 Å². The summed E-state index contributed by atoms with van der Waals surface area (Å²) in [6, 6.07) is 14.0. The fourth-order valence-electron chi connectivity index (χ4n) is 2.53. The zero-order valence-electron chi connectivity index (χ0n) is 12.2. The smallest absolute Gasteiger partial charge is 0.0896 e. The van der Waals surface area contributed by atoms with Crippen LogP contribution >= 0.6 is 0 Å². The first-order valence-electron chi connectivity index (χ1n) is 6.94. The molecule has 4 heteroatoms. The molecule has 0 bridgehead atoms. The van der Waals surface area contributed by atoms with Gasteiger partial charge in [-0.25, -0.2) is 5.43 Å². The minimum absolute atomic E-state index is 0.165. The average molecular weight is 278 g/mol. The highest BCUT2D eigenvalue weighted by atomic mass is 15.2. The van der Waals surface area contributed by atoms with E-state index in [9.17, 15) is 0 Å². The zero-order chi connectivity index (χ0) is 14.8. The molecule has 4 nitrogen and oxygen atoms in total. The molecular weight excluding hydrogens is 260 g/mol. The van der Waals surface area contributed by atoms with Crippen molar-refractivity contribution in [2.24, 2.45) is 5.84 Å². The van der Waals surface area contributed by atoms with Gasteiger partial charge < -0.3 is 0 Å². The van der Waals surface area contributed by atoms with Gasteiger partial charge in [-0.2, -0.15) is 0 Å². The highest BCUT2D eigenvalue weighted by Crippen LogP contribution is 2.24. The number of hydrogen-bond acceptors (Lipinski definition) is 4. The van der Waals surface area contributed by atoms with E-state index in [-0.39, 0.29) is 6.04 Å². The van der Waals surface area contributed by atoms with Crippen molar-refractivity contribution in [3.63, 3.8) is 0 Å². The summed E-state index contributed by atoms with van der Waals surface area (Å²) in [6.45, 7) is 4.06. The van der Waals surface area contributed by atoms with Crippen molar-refractivity contribution < 1.29 is 0 Å². The second-order valence-corrected chi connectivity index (χ2v) is 5.21. The van der Waals surface area contributed by atoms with Crippen LogP contribution in [0.2, 0.25) is 0 Å². The van der Waals surface area contributed by atoms with Crippen LogP contribution in [-0.2, 0) is 0 Å². The standard InChI is InChI=1S/C17H18N4/c1-11-9-16(20-15-6-4-3-5-14(11)15)17(21-18)13-8-7-12(2)19-10-13/h3-10,17,21H,18H2,1-2H3. The first-order chi connectivity index (χ1) is 10.2. The van der Waals surface area contributed by atoms with Crippen molar-refractivity contribution in [2.45, 2.75) is 19.9 Å². The van der Waals surface area contributed by atoms with Crippen molar-refractivity contribution in [1.29, 1.82) is 0 Å². The highest BCUT2D eigenvalue weighted by molar-refractivity contribution is 5.82. The number of hydrazine groups is 1. The van der Waals surface area contributed by atoms with Crippen molar-refractivity contribution in [3.8, 4) is 0 Å². The van der Waals surface area contributed by atoms with E-state index in [4.69, 9.17) is 10.8 Å². The molecule has 3 N–H and O–H groups in total. The van der Waals surface area contributed by atoms with Gasteiger partial charge in [0, 0.05) is 17.3 Å². The van der Waals surface area contributed by atoms with Crippen molar-refractivity contribution >= 4 is 10.9 Å². The summed E-state index contributed by atoms with van der Waals surface area (Å²) >= 11 is 0. The van der Waals surface area contributed by atoms with Gasteiger partial charge in [0.1, 0.15) is 0 Å². The fourth-order valence-corrected chi connectivity index (χ4v) is 2.53. The molecule has 2 heterocycles. The maximum Gasteiger partial charge on any atom is 0.0896 e. The second kappa shape index (κ2) is 5.60. The molecule has 0 amide bonds. The Bertz CT molecular complexity index is 765. The first-order valence-corrected chi connectivity index (χ1v) is 6.94. The summed E-state index contributed by atoms with van der Waals surface area (Å²) in [6.07, 6.45) is 1.84. The molecule has 1 aromatic carbocycles. The van der Waals surface area contributed by atoms with E-state index in [2.05, 4.69) is 29.5 Å². The van der Waals surface area contributed by atoms with E-state index in [1.165, 1.54) is 10.9 Å². The number of aryl methyl sites for hydroxylation is 2. The number of rotatable bonds is 3. The molecule has 0 fully saturated rings. The maximum absolute atomic E-state index is 5.75. The summed E-state index contributed by atoms with van der Waals surface area (Å²) in [7, 11) is 0. The third kappa shape index (κ3) is 2.63. The van der Waals surface area contributed by atoms with Gasteiger partial charge in [-0.3, -0.25) is 15.8 Å². The zero-order valence-corrected chi connectivity index (χ0v) is 12.2. The summed E-state index contributed by atoms with van der Waals surface area (Å²) in [5.41, 5.74) is 7.90. The molecule has 2 aromatic heterocycles. The predicted molar refractivity (Wildman–Crippen MR) is 84.6 cm³/mol. The molecule has 0 radical (unpaired) electrons. The van der Waals surface area contributed by atoms with Gasteiger partial charge >= 0.3 is 0 Å². The van der Waals surface area contributed by atoms with Crippen LogP contribution in [0.25, 0.3) is 10.9 Å². The molecule has 1 atom stereocenters. The van der Waals surface area contributed by atoms with E-state index in [0.29, 0.717) is 0 Å². The summed E-state index contributed by atoms with van der Waals surface area (Å²) < 4.78 is 0. The van der Waals surface area contributed by atoms with E-state index >= 15 is 0 Å². The average Bonchev–Trinajstić information content (AvgIpc) is 2.50. The number of fused-ring (bicyclic) bond motifs is 1. The van der Waals surface area contributed by atoms with Gasteiger partial charge in [0.2, 0.25) is 0 Å². The molecule has 0 aliphatic heterocycles. The Hall–Kier alpha value is -2.30. The molecule has 0 aliphatic rings. The molecule has 0 spiro atoms. The predicted octanol–water partition coefficient (Wildman–Crippen LogP) is 2.80. The Morgan fingerprint density at radius 2 is 1.90 bits per heavy atom. The molecule has 3 rings (SSSR count). The number of nitrogens with zero attached hydrogens (tertiary/aromatic N) is 2. The molecule has 21 heavy (non-hydrogen) atoms. The maximum atomic E-state index is 5.75. The number of hydrogen-bond donors (Lipinski definition) is 2. The Kier molecular flexibility index (Phi) is 3.64. The Morgan fingerprint density at radius 1 is 1.10 bits per heavy atom. The molecule has 0 saturated heterocycles. The lowest BCUT2D eigenvalue weighted by Crippen LogP contribution is -2.29. The SMILES string of the molecule is Cc1ccc(C(NN)c2cc(C)c3ccccc3n2)cn1. The fraction of sp³-hybridized carbons (Fsp3) is 0.176. The number of pyridine rings is 2. The topological polar surface area (TPSA) is 63.8 Å². The van der Waals surface area contributed by atoms with Crippen LogP contribution in [0.3, 0.4) is 0 Å². The Balaban J connectivity index is 2.10.